The lowest BCUT2D eigenvalue weighted by Crippen LogP contribution is -2.56. The molecule has 15 heteroatoms. The first-order valence-corrected chi connectivity index (χ1v) is 18.4. The summed E-state index contributed by atoms with van der Waals surface area (Å²) >= 11 is 0. The zero-order chi connectivity index (χ0) is 34.9. The molecule has 3 aliphatic heterocycles. The molecule has 0 N–H and O–H groups in total. The van der Waals surface area contributed by atoms with E-state index < -0.39 is 49.1 Å². The second-order valence-corrected chi connectivity index (χ2v) is 14.7. The summed E-state index contributed by atoms with van der Waals surface area (Å²) in [4.78, 5) is 12.2. The number of aromatic nitrogens is 1. The van der Waals surface area contributed by atoms with Gasteiger partial charge in [-0.1, -0.05) is 6.92 Å². The van der Waals surface area contributed by atoms with Gasteiger partial charge in [-0.3, -0.25) is 14.8 Å². The number of hydrogen-bond donors (Lipinski definition) is 0. The van der Waals surface area contributed by atoms with Gasteiger partial charge in [0, 0.05) is 69.0 Å². The van der Waals surface area contributed by atoms with Crippen molar-refractivity contribution in [3.05, 3.63) is 48.2 Å². The second-order valence-electron chi connectivity index (χ2n) is 12.8. The van der Waals surface area contributed by atoms with Crippen molar-refractivity contribution in [1.82, 2.24) is 19.7 Å². The third kappa shape index (κ3) is 7.74. The topological polar surface area (TPSA) is 78.4 Å². The molecule has 0 radical (unpaired) electrons. The van der Waals surface area contributed by atoms with Crippen LogP contribution in [0.15, 0.2) is 46.3 Å². The molecule has 0 aliphatic carbocycles. The van der Waals surface area contributed by atoms with Crippen LogP contribution in [0.2, 0.25) is 0 Å². The number of ether oxygens (including phenoxy) is 2. The number of rotatable bonds is 9. The van der Waals surface area contributed by atoms with E-state index in [4.69, 9.17) is 4.74 Å². The van der Waals surface area contributed by atoms with Gasteiger partial charge in [-0.25, -0.2) is 17.2 Å². The minimum atomic E-state index is -4.98. The van der Waals surface area contributed by atoms with E-state index >= 15 is 4.39 Å². The van der Waals surface area contributed by atoms with Crippen LogP contribution < -0.4 is 14.4 Å². The summed E-state index contributed by atoms with van der Waals surface area (Å²) in [6.45, 7) is 11.8. The highest BCUT2D eigenvalue weighted by atomic mass is 32.2. The van der Waals surface area contributed by atoms with Crippen molar-refractivity contribution < 1.29 is 39.8 Å². The van der Waals surface area contributed by atoms with Crippen molar-refractivity contribution in [2.24, 2.45) is 0 Å². The molecule has 2 aromatic carbocycles. The van der Waals surface area contributed by atoms with E-state index in [2.05, 4.69) is 31.3 Å². The molecule has 0 atom stereocenters. The highest BCUT2D eigenvalue weighted by Gasteiger charge is 2.36. The third-order valence-electron chi connectivity index (χ3n) is 10.0. The van der Waals surface area contributed by atoms with E-state index in [1.807, 2.05) is 0 Å². The van der Waals surface area contributed by atoms with Crippen LogP contribution in [-0.4, -0.2) is 112 Å². The molecule has 0 bridgehead atoms. The van der Waals surface area contributed by atoms with Crippen LogP contribution in [0.1, 0.15) is 39.5 Å². The fourth-order valence-electron chi connectivity index (χ4n) is 7.48. The van der Waals surface area contributed by atoms with Crippen molar-refractivity contribution in [3.63, 3.8) is 0 Å². The molecule has 9 nitrogen and oxygen atoms in total. The van der Waals surface area contributed by atoms with Crippen LogP contribution in [0, 0.1) is 11.6 Å². The molecule has 3 saturated heterocycles. The molecule has 6 rings (SSSR count). The fraction of sp³-hybridized carbons (Fsp3) is 0.559. The van der Waals surface area contributed by atoms with Crippen molar-refractivity contribution >= 4 is 26.4 Å². The van der Waals surface area contributed by atoms with E-state index in [9.17, 15) is 26.0 Å². The largest absolute Gasteiger partial charge is 0.573 e. The minimum Gasteiger partial charge on any atom is -0.491 e. The monoisotopic (exact) mass is 711 g/mol. The highest BCUT2D eigenvalue weighted by molar-refractivity contribution is 7.91. The molecule has 0 amide bonds. The standard InChI is InChI=1S/C34H42F5N5O4S/c1-3-41-11-7-23(8-12-41)42-15-17-43(18-16-42)24-9-13-44(14-10-24)33-26-19-25(48-34(37,38)39)5-6-29(26)40-22-32(33)49(45,46)31-21-27(35)30(47-4-2)20-28(31)36/h5-6,19-24H,3-4,7-18H2,1-2H3. The molecule has 4 heterocycles. The van der Waals surface area contributed by atoms with E-state index in [-0.39, 0.29) is 29.2 Å². The van der Waals surface area contributed by atoms with E-state index in [1.165, 1.54) is 18.9 Å². The first-order chi connectivity index (χ1) is 23.4. The Bertz CT molecular complexity index is 1740. The molecule has 268 valence electrons. The number of benzene rings is 2. The molecule has 49 heavy (non-hydrogen) atoms. The SMILES string of the molecule is CCOc1cc(F)c(S(=O)(=O)c2cnc3ccc(OC(F)(F)F)cc3c2N2CCC(N3CCN(C4CCN(CC)CC4)CC3)CC2)cc1F. The predicted octanol–water partition coefficient (Wildman–Crippen LogP) is 5.71. The molecule has 3 aromatic rings. The van der Waals surface area contributed by atoms with Crippen molar-refractivity contribution in [3.8, 4) is 11.5 Å². The van der Waals surface area contributed by atoms with Crippen LogP contribution >= 0.6 is 0 Å². The Balaban J connectivity index is 1.27. The van der Waals surface area contributed by atoms with Gasteiger partial charge in [0.05, 0.1) is 17.8 Å². The summed E-state index contributed by atoms with van der Waals surface area (Å²) in [6.07, 6.45) is -0.197. The van der Waals surface area contributed by atoms with Crippen molar-refractivity contribution in [2.75, 3.05) is 70.4 Å². The number of nitrogens with zero attached hydrogens (tertiary/aromatic N) is 5. The Kier molecular flexibility index (Phi) is 10.5. The van der Waals surface area contributed by atoms with Gasteiger partial charge in [-0.05, 0) is 76.5 Å². The number of anilines is 1. The Morgan fingerprint density at radius 1 is 0.816 bits per heavy atom. The van der Waals surface area contributed by atoms with E-state index in [1.54, 1.807) is 11.8 Å². The van der Waals surface area contributed by atoms with Crippen LogP contribution in [0.25, 0.3) is 10.9 Å². The van der Waals surface area contributed by atoms with Crippen molar-refractivity contribution in [2.45, 2.75) is 67.8 Å². The van der Waals surface area contributed by atoms with Gasteiger partial charge in [-0.2, -0.15) is 0 Å². The van der Waals surface area contributed by atoms with E-state index in [0.29, 0.717) is 44.1 Å². The number of piperidine rings is 2. The van der Waals surface area contributed by atoms with Gasteiger partial charge in [0.25, 0.3) is 0 Å². The van der Waals surface area contributed by atoms with Crippen LogP contribution in [-0.2, 0) is 9.84 Å². The second kappa shape index (κ2) is 14.5. The number of fused-ring (bicyclic) bond motifs is 1. The Labute approximate surface area is 283 Å². The Morgan fingerprint density at radius 3 is 2.00 bits per heavy atom. The van der Waals surface area contributed by atoms with Gasteiger partial charge >= 0.3 is 6.36 Å². The molecule has 0 saturated carbocycles. The normalized spacial score (nSPS) is 19.9. The zero-order valence-corrected chi connectivity index (χ0v) is 28.5. The maximum Gasteiger partial charge on any atom is 0.573 e. The van der Waals surface area contributed by atoms with Gasteiger partial charge in [0.15, 0.2) is 11.6 Å². The maximum absolute atomic E-state index is 15.3. The lowest BCUT2D eigenvalue weighted by Gasteiger charge is -2.46. The number of halogens is 5. The molecule has 1 aromatic heterocycles. The van der Waals surface area contributed by atoms with Crippen molar-refractivity contribution in [1.29, 1.82) is 0 Å². The molecule has 0 spiro atoms. The average molecular weight is 712 g/mol. The van der Waals surface area contributed by atoms with Gasteiger partial charge < -0.3 is 19.3 Å². The molecular formula is C34H42F5N5O4S. The van der Waals surface area contributed by atoms with Crippen LogP contribution in [0.5, 0.6) is 11.5 Å². The first kappa shape index (κ1) is 35.6. The summed E-state index contributed by atoms with van der Waals surface area (Å²) in [7, 11) is -4.76. The summed E-state index contributed by atoms with van der Waals surface area (Å²) in [6, 6.07) is 5.59. The summed E-state index contributed by atoms with van der Waals surface area (Å²) in [5, 5.41) is 0.0934. The number of pyridine rings is 1. The fourth-order valence-corrected chi connectivity index (χ4v) is 8.98. The first-order valence-electron chi connectivity index (χ1n) is 16.9. The van der Waals surface area contributed by atoms with Gasteiger partial charge in [0.1, 0.15) is 21.4 Å². The quantitative estimate of drug-likeness (QED) is 0.260. The average Bonchev–Trinajstić information content (AvgIpc) is 3.08. The summed E-state index contributed by atoms with van der Waals surface area (Å²) in [5.41, 5.74) is 0.304. The number of alkyl halides is 3. The summed E-state index contributed by atoms with van der Waals surface area (Å²) < 4.78 is 107. The molecule has 3 aliphatic rings. The number of piperazine rings is 1. The van der Waals surface area contributed by atoms with E-state index in [0.717, 1.165) is 64.1 Å². The van der Waals surface area contributed by atoms with Gasteiger partial charge in [-0.15, -0.1) is 13.2 Å². The number of likely N-dealkylation sites (tertiary alicyclic amines) is 1. The molecule has 3 fully saturated rings. The van der Waals surface area contributed by atoms with Crippen LogP contribution in [0.4, 0.5) is 27.6 Å². The lowest BCUT2D eigenvalue weighted by molar-refractivity contribution is -0.274. The Hall–Kier alpha value is -3.27. The Morgan fingerprint density at radius 2 is 1.43 bits per heavy atom. The highest BCUT2D eigenvalue weighted by Crippen LogP contribution is 2.41. The van der Waals surface area contributed by atoms with Crippen LogP contribution in [0.3, 0.4) is 0 Å². The minimum absolute atomic E-state index is 0.0353. The van der Waals surface area contributed by atoms with Gasteiger partial charge in [0.2, 0.25) is 9.84 Å². The molecular weight excluding hydrogens is 669 g/mol. The summed E-state index contributed by atoms with van der Waals surface area (Å²) in [5.74, 6) is -3.28. The molecule has 0 unspecified atom stereocenters. The number of hydrogen-bond acceptors (Lipinski definition) is 9. The lowest BCUT2D eigenvalue weighted by atomic mass is 9.99. The maximum atomic E-state index is 15.3. The smallest absolute Gasteiger partial charge is 0.491 e. The number of sulfone groups is 1. The third-order valence-corrected chi connectivity index (χ3v) is 11.8. The predicted molar refractivity (Wildman–Crippen MR) is 175 cm³/mol. The zero-order valence-electron chi connectivity index (χ0n) is 27.7.